The van der Waals surface area contributed by atoms with Crippen LogP contribution in [0.2, 0.25) is 0 Å². The summed E-state index contributed by atoms with van der Waals surface area (Å²) < 4.78 is 26.0. The number of carbonyl (C=O) groups excluding carboxylic acids is 2. The van der Waals surface area contributed by atoms with Crippen molar-refractivity contribution in [1.82, 2.24) is 14.1 Å². The number of sulfonamides is 1. The number of likely N-dealkylation sites (tertiary alicyclic amines) is 2. The van der Waals surface area contributed by atoms with Gasteiger partial charge in [-0.3, -0.25) is 9.59 Å². The van der Waals surface area contributed by atoms with Crippen LogP contribution in [0.5, 0.6) is 0 Å². The van der Waals surface area contributed by atoms with Gasteiger partial charge in [-0.15, -0.1) is 0 Å². The van der Waals surface area contributed by atoms with E-state index in [4.69, 9.17) is 0 Å². The van der Waals surface area contributed by atoms with Crippen LogP contribution in [0.15, 0.2) is 30.3 Å². The predicted molar refractivity (Wildman–Crippen MR) is 105 cm³/mol. The average molecular weight is 406 g/mol. The third-order valence-electron chi connectivity index (χ3n) is 7.07. The average Bonchev–Trinajstić information content (AvgIpc) is 3.16. The second-order valence-corrected chi connectivity index (χ2v) is 10.5. The summed E-state index contributed by atoms with van der Waals surface area (Å²) in [6.45, 7) is 2.39. The van der Waals surface area contributed by atoms with E-state index in [0.29, 0.717) is 51.0 Å². The lowest BCUT2D eigenvalue weighted by Crippen LogP contribution is -2.53. The fourth-order valence-corrected chi connectivity index (χ4v) is 6.29. The second-order valence-electron chi connectivity index (χ2n) is 8.53. The second kappa shape index (κ2) is 6.56. The Morgan fingerprint density at radius 1 is 1.00 bits per heavy atom. The van der Waals surface area contributed by atoms with Crippen LogP contribution >= 0.6 is 0 Å². The number of rotatable bonds is 2. The molecule has 3 aliphatic heterocycles. The summed E-state index contributed by atoms with van der Waals surface area (Å²) in [5, 5.41) is 0. The van der Waals surface area contributed by atoms with Crippen LogP contribution in [0.25, 0.3) is 0 Å². The summed E-state index contributed by atoms with van der Waals surface area (Å²) in [5.41, 5.74) is -0.396. The minimum atomic E-state index is -3.37. The Hall–Kier alpha value is -1.93. The highest BCUT2D eigenvalue weighted by Gasteiger charge is 2.66. The standard InChI is InChI=1S/C20H27N3O4S/c1-21-11-10-20(18(21)25)15-23(28(2,26)27)14-19(20)8-12-22(13-9-19)17(24)16-6-4-3-5-7-16/h3-7H,8-15H2,1-2H3. The Morgan fingerprint density at radius 2 is 1.64 bits per heavy atom. The van der Waals surface area contributed by atoms with E-state index in [0.717, 1.165) is 0 Å². The maximum Gasteiger partial charge on any atom is 0.253 e. The number of carbonyl (C=O) groups is 2. The third kappa shape index (κ3) is 2.85. The molecule has 3 heterocycles. The molecule has 8 heteroatoms. The van der Waals surface area contributed by atoms with Crippen molar-refractivity contribution in [2.24, 2.45) is 10.8 Å². The minimum Gasteiger partial charge on any atom is -0.345 e. The largest absolute Gasteiger partial charge is 0.345 e. The fourth-order valence-electron chi connectivity index (χ4n) is 5.36. The van der Waals surface area contributed by atoms with Crippen molar-refractivity contribution in [3.05, 3.63) is 35.9 Å². The van der Waals surface area contributed by atoms with Gasteiger partial charge < -0.3 is 9.80 Å². The van der Waals surface area contributed by atoms with Gasteiger partial charge in [-0.05, 0) is 31.4 Å². The Bertz CT molecular complexity index is 893. The number of hydrogen-bond donors (Lipinski definition) is 0. The van der Waals surface area contributed by atoms with Gasteiger partial charge in [-0.2, -0.15) is 0 Å². The zero-order valence-corrected chi connectivity index (χ0v) is 17.2. The molecule has 0 radical (unpaired) electrons. The van der Waals surface area contributed by atoms with Crippen LogP contribution in [0.4, 0.5) is 0 Å². The van der Waals surface area contributed by atoms with Gasteiger partial charge in [0.05, 0.1) is 11.7 Å². The lowest BCUT2D eigenvalue weighted by molar-refractivity contribution is -0.141. The summed E-state index contributed by atoms with van der Waals surface area (Å²) in [6, 6.07) is 9.20. The van der Waals surface area contributed by atoms with E-state index < -0.39 is 20.9 Å². The SMILES string of the molecule is CN1CCC2(CN(S(C)(=O)=O)CC23CCN(C(=O)c2ccccc2)CC3)C1=O. The predicted octanol–water partition coefficient (Wildman–Crippen LogP) is 1.03. The molecule has 0 N–H and O–H groups in total. The number of amides is 2. The van der Waals surface area contributed by atoms with E-state index in [9.17, 15) is 18.0 Å². The summed E-state index contributed by atoms with van der Waals surface area (Å²) in [6.07, 6.45) is 3.20. The van der Waals surface area contributed by atoms with Gasteiger partial charge in [-0.25, -0.2) is 12.7 Å². The quantitative estimate of drug-likeness (QED) is 0.736. The molecule has 0 saturated carbocycles. The minimum absolute atomic E-state index is 0.00247. The molecule has 152 valence electrons. The lowest BCUT2D eigenvalue weighted by Gasteiger charge is -2.46. The molecular formula is C20H27N3O4S. The van der Waals surface area contributed by atoms with E-state index in [2.05, 4.69) is 0 Å². The Morgan fingerprint density at radius 3 is 2.18 bits per heavy atom. The first-order valence-electron chi connectivity index (χ1n) is 9.74. The molecule has 1 atom stereocenters. The molecule has 0 aliphatic carbocycles. The van der Waals surface area contributed by atoms with Crippen molar-refractivity contribution in [1.29, 1.82) is 0 Å². The number of hydrogen-bond acceptors (Lipinski definition) is 4. The first-order valence-corrected chi connectivity index (χ1v) is 11.6. The molecule has 0 aromatic heterocycles. The highest BCUT2D eigenvalue weighted by atomic mass is 32.2. The molecule has 3 fully saturated rings. The van der Waals surface area contributed by atoms with Crippen LogP contribution in [0, 0.1) is 10.8 Å². The maximum atomic E-state index is 13.1. The summed E-state index contributed by atoms with van der Waals surface area (Å²) in [5.74, 6) is 0.0545. The number of piperidine rings is 1. The summed E-state index contributed by atoms with van der Waals surface area (Å²) >= 11 is 0. The molecule has 3 aliphatic rings. The molecule has 4 rings (SSSR count). The first kappa shape index (κ1) is 19.4. The van der Waals surface area contributed by atoms with Crippen LogP contribution in [-0.4, -0.2) is 80.4 Å². The van der Waals surface area contributed by atoms with E-state index in [1.807, 2.05) is 35.2 Å². The first-order chi connectivity index (χ1) is 13.2. The molecule has 2 amide bonds. The highest BCUT2D eigenvalue weighted by Crippen LogP contribution is 2.58. The molecule has 1 aromatic rings. The molecule has 3 saturated heterocycles. The molecule has 1 aromatic carbocycles. The van der Waals surface area contributed by atoms with Crippen molar-refractivity contribution in [3.8, 4) is 0 Å². The summed E-state index contributed by atoms with van der Waals surface area (Å²) in [4.78, 5) is 29.5. The van der Waals surface area contributed by atoms with Crippen LogP contribution in [-0.2, 0) is 14.8 Å². The molecule has 2 spiro atoms. The van der Waals surface area contributed by atoms with E-state index in [1.54, 1.807) is 11.9 Å². The zero-order valence-electron chi connectivity index (χ0n) is 16.4. The van der Waals surface area contributed by atoms with Crippen molar-refractivity contribution in [3.63, 3.8) is 0 Å². The fraction of sp³-hybridized carbons (Fsp3) is 0.600. The molecule has 28 heavy (non-hydrogen) atoms. The van der Waals surface area contributed by atoms with E-state index in [-0.39, 0.29) is 18.4 Å². The lowest BCUT2D eigenvalue weighted by atomic mass is 9.60. The summed E-state index contributed by atoms with van der Waals surface area (Å²) in [7, 11) is -1.58. The number of nitrogens with zero attached hydrogens (tertiary/aromatic N) is 3. The van der Waals surface area contributed by atoms with Crippen molar-refractivity contribution in [2.45, 2.75) is 19.3 Å². The van der Waals surface area contributed by atoms with Crippen molar-refractivity contribution in [2.75, 3.05) is 46.0 Å². The Kier molecular flexibility index (Phi) is 4.54. The molecule has 1 unspecified atom stereocenters. The van der Waals surface area contributed by atoms with Crippen molar-refractivity contribution >= 4 is 21.8 Å². The van der Waals surface area contributed by atoms with E-state index in [1.165, 1.54) is 10.6 Å². The van der Waals surface area contributed by atoms with Gasteiger partial charge in [0.15, 0.2) is 0 Å². The Labute approximate surface area is 166 Å². The van der Waals surface area contributed by atoms with Gasteiger partial charge in [0.1, 0.15) is 0 Å². The van der Waals surface area contributed by atoms with Crippen molar-refractivity contribution < 1.29 is 18.0 Å². The maximum absolute atomic E-state index is 13.1. The molecule has 7 nitrogen and oxygen atoms in total. The van der Waals surface area contributed by atoms with Crippen LogP contribution in [0.1, 0.15) is 29.6 Å². The Balaban J connectivity index is 1.60. The third-order valence-corrected chi connectivity index (χ3v) is 8.26. The highest BCUT2D eigenvalue weighted by molar-refractivity contribution is 7.88. The van der Waals surface area contributed by atoms with Gasteiger partial charge in [0.2, 0.25) is 15.9 Å². The topological polar surface area (TPSA) is 78.0 Å². The van der Waals surface area contributed by atoms with Gasteiger partial charge in [0, 0.05) is 50.7 Å². The van der Waals surface area contributed by atoms with Gasteiger partial charge in [-0.1, -0.05) is 18.2 Å². The smallest absolute Gasteiger partial charge is 0.253 e. The molecule has 0 bridgehead atoms. The van der Waals surface area contributed by atoms with E-state index >= 15 is 0 Å². The van der Waals surface area contributed by atoms with Gasteiger partial charge in [0.25, 0.3) is 5.91 Å². The molecular weight excluding hydrogens is 378 g/mol. The van der Waals surface area contributed by atoms with Crippen LogP contribution in [0.3, 0.4) is 0 Å². The zero-order chi connectivity index (χ0) is 20.2. The van der Waals surface area contributed by atoms with Gasteiger partial charge >= 0.3 is 0 Å². The van der Waals surface area contributed by atoms with Crippen LogP contribution < -0.4 is 0 Å². The number of fused-ring (bicyclic) bond motifs is 1. The monoisotopic (exact) mass is 405 g/mol. The number of benzene rings is 1. The normalized spacial score (nSPS) is 27.9.